The van der Waals surface area contributed by atoms with Gasteiger partial charge in [-0.1, -0.05) is 0 Å². The number of hydrogen-bond donors (Lipinski definition) is 1. The topological polar surface area (TPSA) is 68.5 Å². The average molecular weight is 289 g/mol. The summed E-state index contributed by atoms with van der Waals surface area (Å²) in [5.74, 6) is -0.494. The number of carbonyl (C=O) groups is 1. The third-order valence-corrected chi connectivity index (χ3v) is 3.13. The van der Waals surface area contributed by atoms with Crippen LogP contribution in [0.5, 0.6) is 5.75 Å². The first kappa shape index (κ1) is 15.1. The van der Waals surface area contributed by atoms with Crippen molar-refractivity contribution in [2.45, 2.75) is 39.8 Å². The summed E-state index contributed by atoms with van der Waals surface area (Å²) in [5, 5.41) is 9.81. The van der Waals surface area contributed by atoms with E-state index < -0.39 is 5.97 Å². The van der Waals surface area contributed by atoms with Crippen molar-refractivity contribution in [3.8, 4) is 5.75 Å². The number of pyridine rings is 1. The molecule has 0 aliphatic heterocycles. The molecule has 0 saturated heterocycles. The Balaban J connectivity index is 2.82. The zero-order valence-electron chi connectivity index (χ0n) is 12.6. The van der Waals surface area contributed by atoms with Crippen LogP contribution in [0.25, 0.3) is 10.9 Å². The first-order chi connectivity index (χ1) is 9.81. The average Bonchev–Trinajstić information content (AvgIpc) is 2.36. The molecule has 0 aliphatic rings. The highest BCUT2D eigenvalue weighted by Gasteiger charge is 2.17. The van der Waals surface area contributed by atoms with E-state index in [0.29, 0.717) is 16.7 Å². The SMILES string of the molecule is CC(C)Oc1ccc2c(=O)cc(C(=O)O)n(C(C)C)c2c1. The molecule has 0 spiro atoms. The van der Waals surface area contributed by atoms with Gasteiger partial charge < -0.3 is 14.4 Å². The smallest absolute Gasteiger partial charge is 0.352 e. The third-order valence-electron chi connectivity index (χ3n) is 3.13. The van der Waals surface area contributed by atoms with E-state index in [2.05, 4.69) is 0 Å². The first-order valence-corrected chi connectivity index (χ1v) is 6.90. The van der Waals surface area contributed by atoms with E-state index in [4.69, 9.17) is 4.74 Å². The summed E-state index contributed by atoms with van der Waals surface area (Å²) in [6.07, 6.45) is 0.00401. The molecule has 0 unspecified atom stereocenters. The highest BCUT2D eigenvalue weighted by molar-refractivity contribution is 5.91. The lowest BCUT2D eigenvalue weighted by atomic mass is 10.1. The van der Waals surface area contributed by atoms with Crippen LogP contribution in [0.2, 0.25) is 0 Å². The number of benzene rings is 1. The van der Waals surface area contributed by atoms with Gasteiger partial charge >= 0.3 is 5.97 Å². The van der Waals surface area contributed by atoms with Crippen molar-refractivity contribution >= 4 is 16.9 Å². The lowest BCUT2D eigenvalue weighted by molar-refractivity contribution is 0.0683. The van der Waals surface area contributed by atoms with Crippen molar-refractivity contribution in [2.24, 2.45) is 0 Å². The molecule has 0 radical (unpaired) electrons. The molecule has 1 N–H and O–H groups in total. The minimum Gasteiger partial charge on any atom is -0.491 e. The van der Waals surface area contributed by atoms with E-state index in [9.17, 15) is 14.7 Å². The highest BCUT2D eigenvalue weighted by Crippen LogP contribution is 2.24. The molecule has 1 aromatic carbocycles. The molecule has 0 bridgehead atoms. The van der Waals surface area contributed by atoms with Crippen molar-refractivity contribution in [1.82, 2.24) is 4.57 Å². The van der Waals surface area contributed by atoms with E-state index in [1.807, 2.05) is 27.7 Å². The molecule has 0 amide bonds. The lowest BCUT2D eigenvalue weighted by Gasteiger charge is -2.19. The fourth-order valence-electron chi connectivity index (χ4n) is 2.39. The normalized spacial score (nSPS) is 11.3. The minimum absolute atomic E-state index is 0.00401. The molecule has 0 saturated carbocycles. The van der Waals surface area contributed by atoms with Crippen LogP contribution in [-0.2, 0) is 0 Å². The van der Waals surface area contributed by atoms with Gasteiger partial charge in [-0.05, 0) is 39.8 Å². The summed E-state index contributed by atoms with van der Waals surface area (Å²) in [6, 6.07) is 6.22. The van der Waals surface area contributed by atoms with Crippen molar-refractivity contribution in [1.29, 1.82) is 0 Å². The third kappa shape index (κ3) is 2.91. The van der Waals surface area contributed by atoms with Gasteiger partial charge in [0.1, 0.15) is 11.4 Å². The van der Waals surface area contributed by atoms with Gasteiger partial charge in [-0.3, -0.25) is 4.79 Å². The van der Waals surface area contributed by atoms with E-state index in [1.54, 1.807) is 22.8 Å². The van der Waals surface area contributed by atoms with Crippen LogP contribution < -0.4 is 10.2 Å². The maximum atomic E-state index is 12.1. The van der Waals surface area contributed by atoms with Crippen molar-refractivity contribution in [3.05, 3.63) is 40.2 Å². The van der Waals surface area contributed by atoms with E-state index in [0.717, 1.165) is 0 Å². The van der Waals surface area contributed by atoms with Gasteiger partial charge in [-0.15, -0.1) is 0 Å². The zero-order valence-corrected chi connectivity index (χ0v) is 12.6. The summed E-state index contributed by atoms with van der Waals surface area (Å²) >= 11 is 0. The second kappa shape index (κ2) is 5.60. The first-order valence-electron chi connectivity index (χ1n) is 6.90. The Labute approximate surface area is 122 Å². The van der Waals surface area contributed by atoms with E-state index in [-0.39, 0.29) is 23.3 Å². The summed E-state index contributed by atoms with van der Waals surface area (Å²) in [5.41, 5.74) is 0.271. The van der Waals surface area contributed by atoms with Gasteiger partial charge in [0.15, 0.2) is 5.43 Å². The molecule has 5 nitrogen and oxygen atoms in total. The fraction of sp³-hybridized carbons (Fsp3) is 0.375. The summed E-state index contributed by atoms with van der Waals surface area (Å²) in [6.45, 7) is 7.58. The monoisotopic (exact) mass is 289 g/mol. The van der Waals surface area contributed by atoms with Gasteiger partial charge in [0.25, 0.3) is 0 Å². The van der Waals surface area contributed by atoms with Crippen LogP contribution in [0.15, 0.2) is 29.1 Å². The van der Waals surface area contributed by atoms with Crippen LogP contribution in [0.3, 0.4) is 0 Å². The molecule has 2 rings (SSSR count). The standard InChI is InChI=1S/C16H19NO4/c1-9(2)17-13-7-11(21-10(3)4)5-6-12(13)15(18)8-14(17)16(19)20/h5-10H,1-4H3,(H,19,20). The number of carboxylic acid groups (broad SMARTS) is 1. The van der Waals surface area contributed by atoms with E-state index >= 15 is 0 Å². The van der Waals surface area contributed by atoms with Crippen LogP contribution in [0, 0.1) is 0 Å². The van der Waals surface area contributed by atoms with Gasteiger partial charge in [-0.25, -0.2) is 4.79 Å². The number of aromatic carboxylic acids is 1. The molecule has 5 heteroatoms. The molecule has 0 fully saturated rings. The molecule has 21 heavy (non-hydrogen) atoms. The number of carboxylic acids is 1. The van der Waals surface area contributed by atoms with Gasteiger partial charge in [-0.2, -0.15) is 0 Å². The second-order valence-electron chi connectivity index (χ2n) is 5.51. The Morgan fingerprint density at radius 1 is 1.19 bits per heavy atom. The Morgan fingerprint density at radius 2 is 1.86 bits per heavy atom. The number of fused-ring (bicyclic) bond motifs is 1. The molecule has 1 heterocycles. The summed E-state index contributed by atoms with van der Waals surface area (Å²) in [7, 11) is 0. The van der Waals surface area contributed by atoms with Gasteiger partial charge in [0.2, 0.25) is 0 Å². The Morgan fingerprint density at radius 3 is 2.38 bits per heavy atom. The van der Waals surface area contributed by atoms with Crippen LogP contribution >= 0.6 is 0 Å². The quantitative estimate of drug-likeness (QED) is 0.939. The molecule has 112 valence electrons. The summed E-state index contributed by atoms with van der Waals surface area (Å²) < 4.78 is 7.28. The highest BCUT2D eigenvalue weighted by atomic mass is 16.5. The van der Waals surface area contributed by atoms with E-state index in [1.165, 1.54) is 6.07 Å². The lowest BCUT2D eigenvalue weighted by Crippen LogP contribution is -2.19. The molecular formula is C16H19NO4. The molecule has 0 atom stereocenters. The molecule has 2 aromatic rings. The zero-order chi connectivity index (χ0) is 15.7. The number of ether oxygens (including phenoxy) is 1. The van der Waals surface area contributed by atoms with Crippen molar-refractivity contribution in [2.75, 3.05) is 0 Å². The van der Waals surface area contributed by atoms with Crippen LogP contribution in [0.1, 0.15) is 44.2 Å². The van der Waals surface area contributed by atoms with Gasteiger partial charge in [0.05, 0.1) is 11.6 Å². The van der Waals surface area contributed by atoms with Crippen LogP contribution in [-0.4, -0.2) is 21.7 Å². The van der Waals surface area contributed by atoms with Crippen molar-refractivity contribution < 1.29 is 14.6 Å². The Kier molecular flexibility index (Phi) is 4.02. The van der Waals surface area contributed by atoms with Crippen LogP contribution in [0.4, 0.5) is 0 Å². The fourth-order valence-corrected chi connectivity index (χ4v) is 2.39. The summed E-state index contributed by atoms with van der Waals surface area (Å²) in [4.78, 5) is 23.5. The van der Waals surface area contributed by atoms with Crippen molar-refractivity contribution in [3.63, 3.8) is 0 Å². The largest absolute Gasteiger partial charge is 0.491 e. The second-order valence-corrected chi connectivity index (χ2v) is 5.51. The maximum Gasteiger partial charge on any atom is 0.352 e. The molecule has 0 aliphatic carbocycles. The minimum atomic E-state index is -1.11. The maximum absolute atomic E-state index is 12.1. The number of rotatable bonds is 4. The molecular weight excluding hydrogens is 270 g/mol. The predicted octanol–water partition coefficient (Wildman–Crippen LogP) is 3.07. The van der Waals surface area contributed by atoms with Gasteiger partial charge in [0, 0.05) is 23.6 Å². The predicted molar refractivity (Wildman–Crippen MR) is 81.3 cm³/mol. The number of aromatic nitrogens is 1. The number of hydrogen-bond acceptors (Lipinski definition) is 3. The Bertz CT molecular complexity index is 744. The number of nitrogens with zero attached hydrogens (tertiary/aromatic N) is 1. The molecule has 1 aromatic heterocycles. The Hall–Kier alpha value is -2.30.